The zero-order valence-corrected chi connectivity index (χ0v) is 9.79. The summed E-state index contributed by atoms with van der Waals surface area (Å²) < 4.78 is 6.73. The highest BCUT2D eigenvalue weighted by Crippen LogP contribution is 2.06. The first-order valence-corrected chi connectivity index (χ1v) is 8.36. The maximum Gasteiger partial charge on any atom is 0.506 e. The van der Waals surface area contributed by atoms with Gasteiger partial charge in [0.15, 0.2) is 0 Å². The first-order valence-electron chi connectivity index (χ1n) is 3.75. The van der Waals surface area contributed by atoms with Crippen molar-refractivity contribution >= 4 is 34.8 Å². The van der Waals surface area contributed by atoms with Crippen molar-refractivity contribution in [2.45, 2.75) is 0 Å². The van der Waals surface area contributed by atoms with Crippen LogP contribution in [0.2, 0.25) is 0 Å². The van der Waals surface area contributed by atoms with Gasteiger partial charge in [-0.15, -0.1) is 0 Å². The predicted octanol–water partition coefficient (Wildman–Crippen LogP) is 1.89. The minimum Gasteiger partial charge on any atom is -0.490 e. The molecule has 3 heteroatoms. The van der Waals surface area contributed by atoms with Crippen LogP contribution < -0.4 is 8.43 Å². The van der Waals surface area contributed by atoms with E-state index in [0.717, 1.165) is 5.75 Å². The van der Waals surface area contributed by atoms with Crippen LogP contribution in [-0.4, -0.2) is 24.8 Å². The second kappa shape index (κ2) is 5.62. The van der Waals surface area contributed by atoms with Crippen LogP contribution in [0.4, 0.5) is 0 Å². The van der Waals surface area contributed by atoms with Crippen molar-refractivity contribution in [3.63, 3.8) is 0 Å². The van der Waals surface area contributed by atoms with Crippen LogP contribution in [0, 0.1) is 0 Å². The predicted molar refractivity (Wildman–Crippen MR) is 56.4 cm³/mol. The van der Waals surface area contributed by atoms with E-state index in [1.807, 2.05) is 12.1 Å². The Morgan fingerprint density at radius 1 is 1.42 bits per heavy atom. The Hall–Kier alpha value is 0.00623. The molecule has 0 bridgehead atoms. The quantitative estimate of drug-likeness (QED) is 0.574. The van der Waals surface area contributed by atoms with E-state index < -0.39 is 0 Å². The van der Waals surface area contributed by atoms with Gasteiger partial charge in [-0.3, -0.25) is 12.9 Å². The molecule has 1 nitrogen and oxygen atoms in total. The number of rotatable bonds is 4. The van der Waals surface area contributed by atoms with Crippen molar-refractivity contribution in [3.8, 4) is 5.75 Å². The average Bonchev–Trinajstić information content (AvgIpc) is 2.15. The molecule has 1 aromatic rings. The molecule has 0 heterocycles. The van der Waals surface area contributed by atoms with Gasteiger partial charge in [0.05, 0.1) is 0 Å². The second-order valence-electron chi connectivity index (χ2n) is 2.38. The summed E-state index contributed by atoms with van der Waals surface area (Å²) in [6.07, 6.45) is 1.74. The standard InChI is InChI=1S/C9H9O.BrH.Mg/c1-2-8-10-9-6-4-3-5-7-9;;/h2,4-7H,1,8H2;1H;/q;;+1/p-1. The molecule has 0 fully saturated rings. The summed E-state index contributed by atoms with van der Waals surface area (Å²) in [5, 5.41) is 0. The highest BCUT2D eigenvalue weighted by molar-refractivity contribution is 9.23. The molecule has 0 atom stereocenters. The summed E-state index contributed by atoms with van der Waals surface area (Å²) in [5.41, 5.74) is 0. The zero-order chi connectivity index (χ0) is 8.81. The van der Waals surface area contributed by atoms with Crippen molar-refractivity contribution in [2.75, 3.05) is 6.61 Å². The maximum absolute atomic E-state index is 5.34. The molecule has 1 aromatic carbocycles. The smallest absolute Gasteiger partial charge is 0.490 e. The zero-order valence-electron chi connectivity index (χ0n) is 6.79. The lowest BCUT2D eigenvalue weighted by Gasteiger charge is -2.02. The number of hydrogen-bond acceptors (Lipinski definition) is 1. The van der Waals surface area contributed by atoms with Crippen LogP contribution in [0.3, 0.4) is 0 Å². The molecule has 0 spiro atoms. The maximum atomic E-state index is 5.34. The third kappa shape index (κ3) is 3.17. The summed E-state index contributed by atoms with van der Waals surface area (Å²) in [6.45, 7) is 4.16. The van der Waals surface area contributed by atoms with Gasteiger partial charge in [0, 0.05) is 0 Å². The molecule has 0 aromatic heterocycles. The highest BCUT2D eigenvalue weighted by atomic mass is 79.9. The van der Waals surface area contributed by atoms with Crippen molar-refractivity contribution in [2.24, 2.45) is 0 Å². The molecule has 0 saturated carbocycles. The van der Waals surface area contributed by atoms with E-state index in [1.165, 1.54) is 3.69 Å². The van der Waals surface area contributed by atoms with E-state index in [1.54, 1.807) is 6.08 Å². The highest BCUT2D eigenvalue weighted by Gasteiger charge is 1.94. The van der Waals surface area contributed by atoms with Gasteiger partial charge in [0.1, 0.15) is 12.4 Å². The second-order valence-corrected chi connectivity index (χ2v) is 5.14. The summed E-state index contributed by atoms with van der Waals surface area (Å²) in [7, 11) is 0. The number of benzene rings is 1. The van der Waals surface area contributed by atoms with Crippen molar-refractivity contribution in [3.05, 3.63) is 36.9 Å². The van der Waals surface area contributed by atoms with Gasteiger partial charge in [0.25, 0.3) is 0 Å². The van der Waals surface area contributed by atoms with Crippen LogP contribution >= 0.6 is 12.9 Å². The van der Waals surface area contributed by atoms with Crippen molar-refractivity contribution in [1.82, 2.24) is 0 Å². The normalized spacial score (nSPS) is 8.75. The Morgan fingerprint density at radius 3 is 2.58 bits per heavy atom. The number of halogens is 1. The van der Waals surface area contributed by atoms with Gasteiger partial charge in [0.2, 0.25) is 0 Å². The largest absolute Gasteiger partial charge is 0.506 e. The molecule has 12 heavy (non-hydrogen) atoms. The monoisotopic (exact) mass is 236 g/mol. The molecule has 0 amide bonds. The lowest BCUT2D eigenvalue weighted by molar-refractivity contribution is 0.363. The van der Waals surface area contributed by atoms with E-state index >= 15 is 0 Å². The first-order chi connectivity index (χ1) is 5.86. The van der Waals surface area contributed by atoms with Crippen molar-refractivity contribution in [1.29, 1.82) is 0 Å². The molecular formula is C9H9BrMgO. The van der Waals surface area contributed by atoms with E-state index in [4.69, 9.17) is 4.74 Å². The Balaban J connectivity index is 2.58. The minimum atomic E-state index is -0.207. The van der Waals surface area contributed by atoms with Crippen LogP contribution in [0.1, 0.15) is 0 Å². The van der Waals surface area contributed by atoms with Crippen LogP contribution in [0.5, 0.6) is 5.75 Å². The van der Waals surface area contributed by atoms with Crippen LogP contribution in [-0.2, 0) is 0 Å². The minimum absolute atomic E-state index is 0.207. The lowest BCUT2D eigenvalue weighted by Crippen LogP contribution is -2.06. The van der Waals surface area contributed by atoms with Crippen LogP contribution in [0.25, 0.3) is 0 Å². The van der Waals surface area contributed by atoms with E-state index in [9.17, 15) is 0 Å². The Labute approximate surface area is 88.4 Å². The first kappa shape index (κ1) is 10.1. The molecule has 0 radical (unpaired) electrons. The molecule has 0 aliphatic carbocycles. The third-order valence-electron chi connectivity index (χ3n) is 1.45. The fraction of sp³-hybridized carbons (Fsp3) is 0.111. The Bertz CT molecular complexity index is 245. The van der Waals surface area contributed by atoms with Gasteiger partial charge < -0.3 is 4.74 Å². The van der Waals surface area contributed by atoms with Gasteiger partial charge in [-0.05, 0) is 12.1 Å². The third-order valence-corrected chi connectivity index (χ3v) is 4.17. The topological polar surface area (TPSA) is 9.23 Å². The molecule has 60 valence electrons. The molecule has 0 aliphatic rings. The fourth-order valence-corrected chi connectivity index (χ4v) is 2.37. The lowest BCUT2D eigenvalue weighted by atomic mass is 10.3. The van der Waals surface area contributed by atoms with E-state index in [2.05, 4.69) is 31.6 Å². The average molecular weight is 237 g/mol. The summed E-state index contributed by atoms with van der Waals surface area (Å²) >= 11 is 3.31. The Morgan fingerprint density at radius 2 is 2.08 bits per heavy atom. The molecule has 0 aliphatic heterocycles. The van der Waals surface area contributed by atoms with Gasteiger partial charge in [-0.1, -0.05) is 24.8 Å². The fourth-order valence-electron chi connectivity index (χ4n) is 0.830. The van der Waals surface area contributed by atoms with E-state index in [0.29, 0.717) is 6.61 Å². The summed E-state index contributed by atoms with van der Waals surface area (Å²) in [4.78, 5) is 0. The van der Waals surface area contributed by atoms with Gasteiger partial charge >= 0.3 is 18.2 Å². The van der Waals surface area contributed by atoms with Gasteiger partial charge in [-0.25, -0.2) is 0 Å². The molecule has 0 N–H and O–H groups in total. The SMILES string of the molecule is C=CCOc1cc[c]([Mg][Br])cc1. The van der Waals surface area contributed by atoms with Gasteiger partial charge in [-0.2, -0.15) is 3.69 Å². The van der Waals surface area contributed by atoms with Crippen LogP contribution in [0.15, 0.2) is 36.9 Å². The number of ether oxygens (including phenoxy) is 1. The Kier molecular flexibility index (Phi) is 4.72. The summed E-state index contributed by atoms with van der Waals surface area (Å²) in [5.74, 6) is 0.911. The number of hydrogen-bond donors (Lipinski definition) is 0. The molecular weight excluding hydrogens is 228 g/mol. The molecule has 1 rings (SSSR count). The molecule has 0 unspecified atom stereocenters. The molecule has 0 saturated heterocycles. The van der Waals surface area contributed by atoms with E-state index in [-0.39, 0.29) is 18.2 Å². The van der Waals surface area contributed by atoms with Crippen molar-refractivity contribution < 1.29 is 4.74 Å². The summed E-state index contributed by atoms with van der Waals surface area (Å²) in [6, 6.07) is 8.18.